The molecule has 33 heavy (non-hydrogen) atoms. The zero-order valence-corrected chi connectivity index (χ0v) is 19.0. The third-order valence-electron chi connectivity index (χ3n) is 5.81. The van der Waals surface area contributed by atoms with E-state index in [2.05, 4.69) is 22.4 Å². The largest absolute Gasteiger partial charge is 0.329 e. The molecule has 2 heterocycles. The maximum absolute atomic E-state index is 13.1. The molecule has 0 aliphatic carbocycles. The van der Waals surface area contributed by atoms with Crippen molar-refractivity contribution in [2.24, 2.45) is 0 Å². The van der Waals surface area contributed by atoms with Gasteiger partial charge in [0.15, 0.2) is 6.29 Å². The molecule has 0 N–H and O–H groups in total. The Morgan fingerprint density at radius 3 is 2.42 bits per heavy atom. The zero-order chi connectivity index (χ0) is 23.2. The molecule has 0 atom stereocenters. The summed E-state index contributed by atoms with van der Waals surface area (Å²) >= 11 is 0. The molecule has 8 nitrogen and oxygen atoms in total. The molecule has 4 rings (SSSR count). The van der Waals surface area contributed by atoms with Crippen LogP contribution in [0.15, 0.2) is 59.7 Å². The van der Waals surface area contributed by atoms with Crippen LogP contribution in [0.5, 0.6) is 0 Å². The third-order valence-corrected chi connectivity index (χ3v) is 5.81. The van der Waals surface area contributed by atoms with Crippen LogP contribution in [0, 0.1) is 0 Å². The molecule has 2 aromatic heterocycles. The van der Waals surface area contributed by atoms with Crippen LogP contribution in [0.3, 0.4) is 0 Å². The minimum atomic E-state index is -0.113. The summed E-state index contributed by atoms with van der Waals surface area (Å²) in [7, 11) is 0. The molecular formula is C25H28N6O2. The molecule has 0 fully saturated rings. The molecule has 0 unspecified atom stereocenters. The van der Waals surface area contributed by atoms with Gasteiger partial charge in [0.05, 0.1) is 17.9 Å². The van der Waals surface area contributed by atoms with Crippen molar-refractivity contribution in [1.29, 1.82) is 0 Å². The Morgan fingerprint density at radius 1 is 0.970 bits per heavy atom. The van der Waals surface area contributed by atoms with Crippen LogP contribution in [-0.2, 0) is 19.5 Å². The summed E-state index contributed by atoms with van der Waals surface area (Å²) < 4.78 is 5.02. The fourth-order valence-corrected chi connectivity index (χ4v) is 4.16. The van der Waals surface area contributed by atoms with Crippen molar-refractivity contribution in [3.8, 4) is 16.8 Å². The Kier molecular flexibility index (Phi) is 6.92. The highest BCUT2D eigenvalue weighted by Crippen LogP contribution is 2.26. The van der Waals surface area contributed by atoms with E-state index in [-0.39, 0.29) is 5.69 Å². The van der Waals surface area contributed by atoms with Crippen molar-refractivity contribution in [2.75, 3.05) is 0 Å². The van der Waals surface area contributed by atoms with Gasteiger partial charge in [-0.05, 0) is 46.9 Å². The van der Waals surface area contributed by atoms with Crippen LogP contribution in [0.2, 0.25) is 0 Å². The van der Waals surface area contributed by atoms with Gasteiger partial charge >= 0.3 is 5.69 Å². The highest BCUT2D eigenvalue weighted by molar-refractivity contribution is 5.74. The van der Waals surface area contributed by atoms with Crippen LogP contribution >= 0.6 is 0 Å². The number of carbonyl (C=O) groups excluding carboxylic acids is 1. The van der Waals surface area contributed by atoms with Crippen LogP contribution in [-0.4, -0.2) is 35.6 Å². The van der Waals surface area contributed by atoms with Crippen molar-refractivity contribution in [2.45, 2.75) is 52.6 Å². The lowest BCUT2D eigenvalue weighted by molar-refractivity contribution is 0.111. The number of nitrogens with zero attached hydrogens (tertiary/aromatic N) is 6. The molecule has 170 valence electrons. The lowest BCUT2D eigenvalue weighted by Crippen LogP contribution is -2.26. The number of hydrogen-bond donors (Lipinski definition) is 0. The van der Waals surface area contributed by atoms with Gasteiger partial charge in [-0.3, -0.25) is 13.9 Å². The van der Waals surface area contributed by atoms with Crippen molar-refractivity contribution >= 4 is 6.29 Å². The first-order valence-electron chi connectivity index (χ1n) is 11.4. The van der Waals surface area contributed by atoms with Gasteiger partial charge in [-0.1, -0.05) is 62.7 Å². The van der Waals surface area contributed by atoms with Gasteiger partial charge in [0.2, 0.25) is 0 Å². The number of imidazole rings is 1. The molecule has 0 bridgehead atoms. The number of para-hydroxylation sites is 1. The van der Waals surface area contributed by atoms with Crippen molar-refractivity contribution < 1.29 is 4.79 Å². The average molecular weight is 445 g/mol. The summed E-state index contributed by atoms with van der Waals surface area (Å²) in [6, 6.07) is 16.1. The second-order valence-electron chi connectivity index (χ2n) is 8.04. The van der Waals surface area contributed by atoms with Gasteiger partial charge in [-0.2, -0.15) is 4.68 Å². The number of rotatable bonds is 10. The Morgan fingerprint density at radius 2 is 1.76 bits per heavy atom. The molecule has 8 heteroatoms. The van der Waals surface area contributed by atoms with Crippen molar-refractivity contribution in [3.63, 3.8) is 0 Å². The molecule has 4 aromatic rings. The molecular weight excluding hydrogens is 416 g/mol. The number of hydrogen-bond acceptors (Lipinski definition) is 5. The van der Waals surface area contributed by atoms with E-state index in [9.17, 15) is 9.59 Å². The first-order valence-corrected chi connectivity index (χ1v) is 11.4. The van der Waals surface area contributed by atoms with Gasteiger partial charge in [-0.25, -0.2) is 4.79 Å². The lowest BCUT2D eigenvalue weighted by Gasteiger charge is -2.11. The van der Waals surface area contributed by atoms with Gasteiger partial charge in [0, 0.05) is 12.1 Å². The van der Waals surface area contributed by atoms with Crippen LogP contribution in [0.25, 0.3) is 16.8 Å². The van der Waals surface area contributed by atoms with Crippen molar-refractivity contribution in [3.05, 3.63) is 82.3 Å². The first-order chi connectivity index (χ1) is 16.2. The van der Waals surface area contributed by atoms with Gasteiger partial charge < -0.3 is 0 Å². The van der Waals surface area contributed by atoms with Gasteiger partial charge in [-0.15, -0.1) is 5.10 Å². The fourth-order valence-electron chi connectivity index (χ4n) is 4.16. The maximum Gasteiger partial charge on any atom is 0.329 e. The minimum absolute atomic E-state index is 0.113. The minimum Gasteiger partial charge on any atom is -0.296 e. The SMILES string of the molecule is CCCCc1c(C=O)n(CCC)c(=O)n1Cc1ccc(-c2ccccc2-n2cnnn2)cc1. The molecule has 0 aliphatic rings. The molecule has 0 saturated carbocycles. The number of carbonyl (C=O) groups is 1. The fraction of sp³-hybridized carbons (Fsp3) is 0.320. The van der Waals surface area contributed by atoms with Crippen LogP contribution in [0.4, 0.5) is 0 Å². The Labute approximate surface area is 192 Å². The third kappa shape index (κ3) is 4.55. The predicted molar refractivity (Wildman–Crippen MR) is 127 cm³/mol. The zero-order valence-electron chi connectivity index (χ0n) is 19.0. The number of unbranched alkanes of at least 4 members (excludes halogenated alkanes) is 1. The van der Waals surface area contributed by atoms with Crippen molar-refractivity contribution in [1.82, 2.24) is 29.3 Å². The van der Waals surface area contributed by atoms with E-state index in [1.807, 2.05) is 55.5 Å². The predicted octanol–water partition coefficient (Wildman–Crippen LogP) is 3.91. The normalized spacial score (nSPS) is 11.1. The highest BCUT2D eigenvalue weighted by Gasteiger charge is 2.19. The van der Waals surface area contributed by atoms with Gasteiger partial charge in [0.1, 0.15) is 12.0 Å². The summed E-state index contributed by atoms with van der Waals surface area (Å²) in [5.41, 5.74) is 5.17. The summed E-state index contributed by atoms with van der Waals surface area (Å²) in [4.78, 5) is 25.0. The Hall–Kier alpha value is -3.81. The van der Waals surface area contributed by atoms with E-state index < -0.39 is 0 Å². The summed E-state index contributed by atoms with van der Waals surface area (Å²) in [6.45, 7) is 5.10. The van der Waals surface area contributed by atoms with E-state index in [4.69, 9.17) is 0 Å². The van der Waals surface area contributed by atoms with Crippen LogP contribution < -0.4 is 5.69 Å². The number of aldehydes is 1. The molecule has 0 aliphatic heterocycles. The van der Waals surface area contributed by atoms with E-state index in [1.54, 1.807) is 20.1 Å². The highest BCUT2D eigenvalue weighted by atomic mass is 16.2. The first kappa shape index (κ1) is 22.4. The van der Waals surface area contributed by atoms with E-state index in [0.717, 1.165) is 53.6 Å². The van der Waals surface area contributed by atoms with E-state index in [0.29, 0.717) is 25.2 Å². The maximum atomic E-state index is 13.1. The standard InChI is InChI=1S/C25H28N6O2/c1-3-5-9-23-24(17-32)29(15-4-2)25(33)30(23)16-19-11-13-20(14-12-19)21-8-6-7-10-22(21)31-18-26-27-28-31/h6-8,10-14,17-18H,3-5,9,15-16H2,1-2H3. The van der Waals surface area contributed by atoms with E-state index >= 15 is 0 Å². The average Bonchev–Trinajstić information content (AvgIpc) is 3.47. The van der Waals surface area contributed by atoms with Crippen LogP contribution in [0.1, 0.15) is 54.9 Å². The number of benzene rings is 2. The Bertz CT molecular complexity index is 1270. The number of tetrazole rings is 1. The molecule has 0 radical (unpaired) electrons. The topological polar surface area (TPSA) is 87.6 Å². The summed E-state index contributed by atoms with van der Waals surface area (Å²) in [5, 5.41) is 11.5. The Balaban J connectivity index is 1.67. The molecule has 0 amide bonds. The molecule has 0 spiro atoms. The second-order valence-corrected chi connectivity index (χ2v) is 8.04. The lowest BCUT2D eigenvalue weighted by atomic mass is 10.0. The van der Waals surface area contributed by atoms with E-state index in [1.165, 1.54) is 0 Å². The molecule has 2 aromatic carbocycles. The molecule has 0 saturated heterocycles. The van der Waals surface area contributed by atoms with Gasteiger partial charge in [0.25, 0.3) is 0 Å². The monoisotopic (exact) mass is 444 g/mol. The number of aromatic nitrogens is 6. The quantitative estimate of drug-likeness (QED) is 0.346. The summed E-state index contributed by atoms with van der Waals surface area (Å²) in [6.07, 6.45) is 5.85. The summed E-state index contributed by atoms with van der Waals surface area (Å²) in [5.74, 6) is 0. The second kappa shape index (κ2) is 10.2. The smallest absolute Gasteiger partial charge is 0.296 e.